The van der Waals surface area contributed by atoms with Crippen molar-refractivity contribution in [2.24, 2.45) is 0 Å². The predicted molar refractivity (Wildman–Crippen MR) is 64.8 cm³/mol. The van der Waals surface area contributed by atoms with Crippen LogP contribution in [0.4, 0.5) is 4.79 Å². The molecule has 1 aliphatic heterocycles. The van der Waals surface area contributed by atoms with E-state index in [2.05, 4.69) is 0 Å². The normalized spacial score (nSPS) is 23.1. The summed E-state index contributed by atoms with van der Waals surface area (Å²) in [7, 11) is 1.52. The Hall–Kier alpha value is -1.59. The molecule has 5 heteroatoms. The van der Waals surface area contributed by atoms with E-state index < -0.39 is 12.3 Å². The third-order valence-corrected chi connectivity index (χ3v) is 3.05. The van der Waals surface area contributed by atoms with Crippen LogP contribution < -0.4 is 0 Å². The van der Waals surface area contributed by atoms with Gasteiger partial charge in [-0.15, -0.1) is 0 Å². The first-order chi connectivity index (χ1) is 8.72. The molecule has 98 valence electrons. The maximum absolute atomic E-state index is 11.8. The van der Waals surface area contributed by atoms with Crippen LogP contribution >= 0.6 is 0 Å². The van der Waals surface area contributed by atoms with E-state index in [4.69, 9.17) is 9.47 Å². The molecule has 0 radical (unpaired) electrons. The quantitative estimate of drug-likeness (QED) is 0.881. The van der Waals surface area contributed by atoms with Gasteiger partial charge in [0.2, 0.25) is 0 Å². The highest BCUT2D eigenvalue weighted by Crippen LogP contribution is 2.19. The fraction of sp³-hybridized carbons (Fsp3) is 0.462. The molecule has 5 nitrogen and oxygen atoms in total. The number of rotatable bonds is 3. The highest BCUT2D eigenvalue weighted by molar-refractivity contribution is 5.68. The van der Waals surface area contributed by atoms with Crippen molar-refractivity contribution in [2.45, 2.75) is 25.4 Å². The van der Waals surface area contributed by atoms with E-state index in [0.717, 1.165) is 5.56 Å². The van der Waals surface area contributed by atoms with Gasteiger partial charge in [-0.25, -0.2) is 4.79 Å². The average molecular weight is 251 g/mol. The Bertz CT molecular complexity index is 395. The number of methoxy groups -OCH3 is 1. The first kappa shape index (κ1) is 12.9. The Morgan fingerprint density at radius 3 is 2.78 bits per heavy atom. The zero-order chi connectivity index (χ0) is 13.0. The number of aliphatic hydroxyl groups excluding tert-OH is 1. The van der Waals surface area contributed by atoms with Crippen molar-refractivity contribution in [1.82, 2.24) is 4.90 Å². The van der Waals surface area contributed by atoms with E-state index in [9.17, 15) is 9.90 Å². The summed E-state index contributed by atoms with van der Waals surface area (Å²) in [6, 6.07) is 9.43. The molecule has 1 heterocycles. The van der Waals surface area contributed by atoms with Crippen molar-refractivity contribution in [1.29, 1.82) is 0 Å². The van der Waals surface area contributed by atoms with E-state index in [0.29, 0.717) is 13.0 Å². The highest BCUT2D eigenvalue weighted by atomic mass is 16.6. The minimum absolute atomic E-state index is 0.209. The number of aliphatic hydroxyl groups is 1. The summed E-state index contributed by atoms with van der Waals surface area (Å²) in [5.74, 6) is 0. The first-order valence-corrected chi connectivity index (χ1v) is 5.90. The number of hydrogen-bond acceptors (Lipinski definition) is 4. The molecule has 1 fully saturated rings. The van der Waals surface area contributed by atoms with Crippen LogP contribution in [0.5, 0.6) is 0 Å². The molecule has 0 spiro atoms. The predicted octanol–water partition coefficient (Wildman–Crippen LogP) is 1.36. The van der Waals surface area contributed by atoms with Gasteiger partial charge in [-0.1, -0.05) is 30.3 Å². The molecule has 18 heavy (non-hydrogen) atoms. The van der Waals surface area contributed by atoms with E-state index in [1.807, 2.05) is 30.3 Å². The van der Waals surface area contributed by atoms with Crippen LogP contribution in [0.15, 0.2) is 30.3 Å². The lowest BCUT2D eigenvalue weighted by molar-refractivity contribution is -0.0503. The second-order valence-corrected chi connectivity index (χ2v) is 4.21. The fourth-order valence-corrected chi connectivity index (χ4v) is 1.99. The van der Waals surface area contributed by atoms with Gasteiger partial charge in [0.05, 0.1) is 0 Å². The van der Waals surface area contributed by atoms with Crippen LogP contribution in [0.25, 0.3) is 0 Å². The van der Waals surface area contributed by atoms with Gasteiger partial charge in [0.15, 0.2) is 6.23 Å². The second kappa shape index (κ2) is 5.84. The van der Waals surface area contributed by atoms with E-state index in [1.165, 1.54) is 12.0 Å². The van der Waals surface area contributed by atoms with Crippen LogP contribution in [0.2, 0.25) is 0 Å². The number of carbonyl (C=O) groups is 1. The van der Waals surface area contributed by atoms with Gasteiger partial charge in [0, 0.05) is 13.7 Å². The van der Waals surface area contributed by atoms with Crippen LogP contribution in [0, 0.1) is 0 Å². The summed E-state index contributed by atoms with van der Waals surface area (Å²) < 4.78 is 10.2. The van der Waals surface area contributed by atoms with Crippen LogP contribution in [-0.4, -0.2) is 42.1 Å². The van der Waals surface area contributed by atoms with Gasteiger partial charge >= 0.3 is 6.09 Å². The molecule has 1 N–H and O–H groups in total. The number of ether oxygens (including phenoxy) is 2. The van der Waals surface area contributed by atoms with Crippen LogP contribution in [0.1, 0.15) is 12.0 Å². The summed E-state index contributed by atoms with van der Waals surface area (Å²) in [4.78, 5) is 13.1. The van der Waals surface area contributed by atoms with Gasteiger partial charge < -0.3 is 14.6 Å². The number of nitrogens with zero attached hydrogens (tertiary/aromatic N) is 1. The Balaban J connectivity index is 1.86. The number of likely N-dealkylation sites (tertiary alicyclic amines) is 1. The standard InChI is InChI=1S/C13H17NO4/c1-17-11-7-8-14(12(11)15)13(16)18-9-10-5-3-2-4-6-10/h2-6,11-12,15H,7-9H2,1H3. The third-order valence-electron chi connectivity index (χ3n) is 3.05. The largest absolute Gasteiger partial charge is 0.444 e. The summed E-state index contributed by atoms with van der Waals surface area (Å²) in [6.45, 7) is 0.661. The highest BCUT2D eigenvalue weighted by Gasteiger charge is 2.36. The molecular weight excluding hydrogens is 234 g/mol. The fourth-order valence-electron chi connectivity index (χ4n) is 1.99. The lowest BCUT2D eigenvalue weighted by Crippen LogP contribution is -2.40. The molecular formula is C13H17NO4. The summed E-state index contributed by atoms with van der Waals surface area (Å²) >= 11 is 0. The van der Waals surface area contributed by atoms with Crippen LogP contribution in [0.3, 0.4) is 0 Å². The molecule has 1 aromatic rings. The maximum atomic E-state index is 11.8. The molecule has 1 aliphatic rings. The van der Waals surface area contributed by atoms with Gasteiger partial charge in [0.1, 0.15) is 12.7 Å². The van der Waals surface area contributed by atoms with E-state index in [-0.39, 0.29) is 12.7 Å². The molecule has 2 atom stereocenters. The first-order valence-electron chi connectivity index (χ1n) is 5.90. The molecule has 1 amide bonds. The molecule has 1 saturated heterocycles. The number of carbonyl (C=O) groups excluding carboxylic acids is 1. The molecule has 2 rings (SSSR count). The SMILES string of the molecule is COC1CCN(C(=O)OCc2ccccc2)C1O. The smallest absolute Gasteiger partial charge is 0.412 e. The van der Waals surface area contributed by atoms with Crippen molar-refractivity contribution < 1.29 is 19.4 Å². The Morgan fingerprint density at radius 2 is 2.17 bits per heavy atom. The van der Waals surface area contributed by atoms with E-state index in [1.54, 1.807) is 0 Å². The topological polar surface area (TPSA) is 59.0 Å². The minimum Gasteiger partial charge on any atom is -0.444 e. The Labute approximate surface area is 106 Å². The minimum atomic E-state index is -0.918. The van der Waals surface area contributed by atoms with Gasteiger partial charge in [-0.2, -0.15) is 0 Å². The molecule has 0 saturated carbocycles. The number of benzene rings is 1. The Kier molecular flexibility index (Phi) is 4.17. The summed E-state index contributed by atoms with van der Waals surface area (Å²) in [5.41, 5.74) is 0.919. The van der Waals surface area contributed by atoms with E-state index >= 15 is 0 Å². The van der Waals surface area contributed by atoms with Crippen molar-refractivity contribution in [3.8, 4) is 0 Å². The van der Waals surface area contributed by atoms with Crippen molar-refractivity contribution in [3.63, 3.8) is 0 Å². The molecule has 1 aromatic carbocycles. The van der Waals surface area contributed by atoms with Crippen LogP contribution in [-0.2, 0) is 16.1 Å². The van der Waals surface area contributed by atoms with Gasteiger partial charge in [0.25, 0.3) is 0 Å². The van der Waals surface area contributed by atoms with Gasteiger partial charge in [-0.05, 0) is 12.0 Å². The maximum Gasteiger partial charge on any atom is 0.412 e. The van der Waals surface area contributed by atoms with Crippen molar-refractivity contribution in [3.05, 3.63) is 35.9 Å². The third kappa shape index (κ3) is 2.80. The molecule has 2 unspecified atom stereocenters. The molecule has 0 aromatic heterocycles. The zero-order valence-corrected chi connectivity index (χ0v) is 10.3. The zero-order valence-electron chi connectivity index (χ0n) is 10.3. The second-order valence-electron chi connectivity index (χ2n) is 4.21. The van der Waals surface area contributed by atoms with Gasteiger partial charge in [-0.3, -0.25) is 4.90 Å². The van der Waals surface area contributed by atoms with Crippen molar-refractivity contribution >= 4 is 6.09 Å². The molecule has 0 aliphatic carbocycles. The monoisotopic (exact) mass is 251 g/mol. The number of hydrogen-bond donors (Lipinski definition) is 1. The summed E-state index contributed by atoms with van der Waals surface area (Å²) in [5, 5.41) is 9.82. The molecule has 0 bridgehead atoms. The Morgan fingerprint density at radius 1 is 1.44 bits per heavy atom. The lowest BCUT2D eigenvalue weighted by Gasteiger charge is -2.22. The van der Waals surface area contributed by atoms with Crippen molar-refractivity contribution in [2.75, 3.05) is 13.7 Å². The average Bonchev–Trinajstić information content (AvgIpc) is 2.78. The lowest BCUT2D eigenvalue weighted by atomic mass is 10.2. The number of amides is 1. The summed E-state index contributed by atoms with van der Waals surface area (Å²) in [6.07, 6.45) is -1.13.